The Morgan fingerprint density at radius 1 is 0.917 bits per heavy atom. The van der Waals surface area contributed by atoms with Gasteiger partial charge in [-0.25, -0.2) is 8.42 Å². The Bertz CT molecular complexity index is 1520. The molecule has 0 saturated heterocycles. The van der Waals surface area contributed by atoms with Crippen molar-refractivity contribution in [3.63, 3.8) is 0 Å². The third-order valence-corrected chi connectivity index (χ3v) is 9.20. The van der Waals surface area contributed by atoms with E-state index in [4.69, 9.17) is 0 Å². The molecule has 1 N–H and O–H groups in total. The number of nitrogens with one attached hydrogen (secondary N) is 1. The fraction of sp³-hybridized carbons (Fsp3) is 0.138. The van der Waals surface area contributed by atoms with Crippen LogP contribution in [0.25, 0.3) is 0 Å². The van der Waals surface area contributed by atoms with Crippen LogP contribution in [0.3, 0.4) is 0 Å². The van der Waals surface area contributed by atoms with Gasteiger partial charge in [-0.2, -0.15) is 0 Å². The summed E-state index contributed by atoms with van der Waals surface area (Å²) in [7, 11) is -3.71. The van der Waals surface area contributed by atoms with E-state index in [-0.39, 0.29) is 16.8 Å². The molecule has 182 valence electrons. The molecule has 1 atom stereocenters. The van der Waals surface area contributed by atoms with Gasteiger partial charge >= 0.3 is 0 Å². The molecule has 7 heteroatoms. The van der Waals surface area contributed by atoms with Gasteiger partial charge in [0.05, 0.1) is 16.3 Å². The number of hydrogen-bond donors (Lipinski definition) is 1. The van der Waals surface area contributed by atoms with Crippen LogP contribution in [0.15, 0.2) is 112 Å². The molecule has 0 radical (unpaired) electrons. The number of benzene rings is 4. The fourth-order valence-electron chi connectivity index (χ4n) is 4.40. The summed E-state index contributed by atoms with van der Waals surface area (Å²) in [6, 6.07) is 29.6. The minimum Gasteiger partial charge on any atom is -0.321 e. The van der Waals surface area contributed by atoms with Crippen LogP contribution < -0.4 is 9.62 Å². The monoisotopic (exact) mass is 514 g/mol. The van der Waals surface area contributed by atoms with E-state index in [0.717, 1.165) is 26.6 Å². The second kappa shape index (κ2) is 9.84. The molecule has 0 saturated carbocycles. The maximum atomic E-state index is 13.4. The van der Waals surface area contributed by atoms with Gasteiger partial charge in [-0.05, 0) is 80.4 Å². The Labute approximate surface area is 216 Å². The maximum absolute atomic E-state index is 13.4. The Balaban J connectivity index is 1.39. The average molecular weight is 515 g/mol. The molecule has 0 spiro atoms. The summed E-state index contributed by atoms with van der Waals surface area (Å²) in [6.45, 7) is 3.82. The van der Waals surface area contributed by atoms with E-state index in [0.29, 0.717) is 17.7 Å². The number of rotatable bonds is 6. The number of carbonyl (C=O) groups is 1. The highest BCUT2D eigenvalue weighted by Crippen LogP contribution is 2.38. The zero-order valence-electron chi connectivity index (χ0n) is 20.0. The Kier molecular flexibility index (Phi) is 6.60. The van der Waals surface area contributed by atoms with Crippen molar-refractivity contribution in [3.8, 4) is 0 Å². The molecular weight excluding hydrogens is 488 g/mol. The Morgan fingerprint density at radius 2 is 1.61 bits per heavy atom. The van der Waals surface area contributed by atoms with Crippen molar-refractivity contribution in [2.75, 3.05) is 9.62 Å². The third kappa shape index (κ3) is 4.76. The number of hydrogen-bond acceptors (Lipinski definition) is 4. The number of sulfonamides is 1. The van der Waals surface area contributed by atoms with Crippen molar-refractivity contribution >= 4 is 39.1 Å². The predicted molar refractivity (Wildman–Crippen MR) is 145 cm³/mol. The van der Waals surface area contributed by atoms with Gasteiger partial charge in [0.2, 0.25) is 0 Å². The van der Waals surface area contributed by atoms with E-state index >= 15 is 0 Å². The highest BCUT2D eigenvalue weighted by Gasteiger charge is 2.36. The molecule has 36 heavy (non-hydrogen) atoms. The van der Waals surface area contributed by atoms with Gasteiger partial charge in [-0.1, -0.05) is 59.8 Å². The molecule has 4 aromatic rings. The van der Waals surface area contributed by atoms with Crippen LogP contribution >= 0.6 is 11.8 Å². The van der Waals surface area contributed by atoms with Crippen molar-refractivity contribution in [1.29, 1.82) is 0 Å². The summed E-state index contributed by atoms with van der Waals surface area (Å²) < 4.78 is 28.3. The summed E-state index contributed by atoms with van der Waals surface area (Å²) in [5.41, 5.74) is 3.70. The molecule has 5 rings (SSSR count). The molecule has 1 heterocycles. The molecule has 0 fully saturated rings. The fourth-order valence-corrected chi connectivity index (χ4v) is 7.02. The molecule has 0 unspecified atom stereocenters. The molecule has 1 aliphatic heterocycles. The minimum absolute atomic E-state index is 0.230. The second-order valence-electron chi connectivity index (χ2n) is 8.88. The molecule has 1 amide bonds. The summed E-state index contributed by atoms with van der Waals surface area (Å²) in [5, 5.41) is 3.03. The van der Waals surface area contributed by atoms with Crippen LogP contribution in [0.1, 0.15) is 28.4 Å². The molecule has 1 aliphatic rings. The predicted octanol–water partition coefficient (Wildman–Crippen LogP) is 6.54. The van der Waals surface area contributed by atoms with Crippen LogP contribution in [0.4, 0.5) is 11.4 Å². The van der Waals surface area contributed by atoms with Crippen LogP contribution in [0.2, 0.25) is 0 Å². The first-order valence-corrected chi connectivity index (χ1v) is 14.0. The van der Waals surface area contributed by atoms with Gasteiger partial charge in [0.1, 0.15) is 0 Å². The number of carbonyl (C=O) groups excluding carboxylic acids is 1. The second-order valence-corrected chi connectivity index (χ2v) is 11.8. The first-order chi connectivity index (χ1) is 17.3. The van der Waals surface area contributed by atoms with E-state index in [1.54, 1.807) is 54.2 Å². The van der Waals surface area contributed by atoms with Gasteiger partial charge in [-0.15, -0.1) is 0 Å². The molecule has 0 bridgehead atoms. The van der Waals surface area contributed by atoms with Crippen LogP contribution in [-0.4, -0.2) is 20.4 Å². The highest BCUT2D eigenvalue weighted by atomic mass is 32.2. The van der Waals surface area contributed by atoms with Gasteiger partial charge in [0.15, 0.2) is 0 Å². The maximum Gasteiger partial charge on any atom is 0.264 e. The molecular formula is C29H26N2O3S2. The van der Waals surface area contributed by atoms with Crippen LogP contribution in [0, 0.1) is 6.92 Å². The van der Waals surface area contributed by atoms with Crippen molar-refractivity contribution < 1.29 is 13.2 Å². The third-order valence-electron chi connectivity index (χ3n) is 6.18. The van der Waals surface area contributed by atoms with Crippen molar-refractivity contribution in [1.82, 2.24) is 0 Å². The zero-order chi connectivity index (χ0) is 25.3. The van der Waals surface area contributed by atoms with E-state index in [1.165, 1.54) is 4.31 Å². The summed E-state index contributed by atoms with van der Waals surface area (Å²) in [6.07, 6.45) is 0.544. The largest absolute Gasteiger partial charge is 0.321 e. The molecule has 4 aromatic carbocycles. The normalized spacial score (nSPS) is 14.9. The highest BCUT2D eigenvalue weighted by molar-refractivity contribution is 7.99. The first kappa shape index (κ1) is 24.2. The average Bonchev–Trinajstić information content (AvgIpc) is 3.21. The van der Waals surface area contributed by atoms with Crippen molar-refractivity contribution in [3.05, 3.63) is 114 Å². The minimum atomic E-state index is -3.71. The Morgan fingerprint density at radius 3 is 2.36 bits per heavy atom. The van der Waals surface area contributed by atoms with E-state index in [9.17, 15) is 13.2 Å². The van der Waals surface area contributed by atoms with Gasteiger partial charge in [0.25, 0.3) is 15.9 Å². The quantitative estimate of drug-likeness (QED) is 0.317. The number of aryl methyl sites for hydroxylation is 1. The van der Waals surface area contributed by atoms with Gasteiger partial charge in [-0.3, -0.25) is 9.10 Å². The van der Waals surface area contributed by atoms with Crippen molar-refractivity contribution in [2.45, 2.75) is 41.0 Å². The van der Waals surface area contributed by atoms with E-state index < -0.39 is 10.0 Å². The molecule has 5 nitrogen and oxygen atoms in total. The lowest BCUT2D eigenvalue weighted by Gasteiger charge is -2.24. The van der Waals surface area contributed by atoms with Gasteiger partial charge < -0.3 is 5.32 Å². The van der Waals surface area contributed by atoms with E-state index in [1.807, 2.05) is 68.4 Å². The number of anilines is 2. The summed E-state index contributed by atoms with van der Waals surface area (Å²) >= 11 is 1.59. The smallest absolute Gasteiger partial charge is 0.264 e. The molecule has 0 aliphatic carbocycles. The van der Waals surface area contributed by atoms with Crippen LogP contribution in [0.5, 0.6) is 0 Å². The number of amides is 1. The summed E-state index contributed by atoms with van der Waals surface area (Å²) in [5.74, 6) is -0.230. The zero-order valence-corrected chi connectivity index (χ0v) is 21.6. The lowest BCUT2D eigenvalue weighted by atomic mass is 10.1. The van der Waals surface area contributed by atoms with Crippen LogP contribution in [-0.2, 0) is 16.4 Å². The van der Waals surface area contributed by atoms with Gasteiger partial charge in [0, 0.05) is 21.4 Å². The topological polar surface area (TPSA) is 66.5 Å². The first-order valence-electron chi connectivity index (χ1n) is 11.7. The molecule has 0 aromatic heterocycles. The standard InChI is InChI=1S/C29H26N2O3S2/c1-20-12-15-25(16-13-20)36(33,34)31-21(2)18-23-19-22(14-17-27(23)31)29(32)30-26-10-6-7-11-28(26)35-24-8-4-3-5-9-24/h3-17,19,21H,18H2,1-2H3,(H,30,32)/t21-/m1/s1. The lowest BCUT2D eigenvalue weighted by Crippen LogP contribution is -2.35. The number of fused-ring (bicyclic) bond motifs is 1. The SMILES string of the molecule is Cc1ccc(S(=O)(=O)N2c3ccc(C(=O)Nc4ccccc4Sc4ccccc4)cc3C[C@H]2C)cc1. The number of nitrogens with zero attached hydrogens (tertiary/aromatic N) is 1. The van der Waals surface area contributed by atoms with Crippen molar-refractivity contribution in [2.24, 2.45) is 0 Å². The number of para-hydroxylation sites is 1. The lowest BCUT2D eigenvalue weighted by molar-refractivity contribution is 0.102. The Hall–Kier alpha value is -3.55. The van der Waals surface area contributed by atoms with E-state index in [2.05, 4.69) is 5.32 Å². The summed E-state index contributed by atoms with van der Waals surface area (Å²) in [4.78, 5) is 15.5.